The number of benzene rings is 1. The first-order valence-corrected chi connectivity index (χ1v) is 7.83. The average Bonchev–Trinajstić information content (AvgIpc) is 2.96. The fourth-order valence-corrected chi connectivity index (χ4v) is 2.79. The number of hydrogen-bond acceptors (Lipinski definition) is 3. The molecule has 1 aromatic rings. The van der Waals surface area contributed by atoms with Gasteiger partial charge in [-0.1, -0.05) is 24.3 Å². The van der Waals surface area contributed by atoms with Gasteiger partial charge in [-0.05, 0) is 57.1 Å². The maximum atomic E-state index is 11.9. The molecule has 2 N–H and O–H groups in total. The minimum Gasteiger partial charge on any atom is -0.352 e. The van der Waals surface area contributed by atoms with Gasteiger partial charge < -0.3 is 15.5 Å². The summed E-state index contributed by atoms with van der Waals surface area (Å²) in [7, 11) is 4.12. The van der Waals surface area contributed by atoms with E-state index < -0.39 is 0 Å². The maximum Gasteiger partial charge on any atom is 0.220 e. The van der Waals surface area contributed by atoms with E-state index in [1.165, 1.54) is 17.5 Å². The lowest BCUT2D eigenvalue weighted by atomic mass is 10.0. The van der Waals surface area contributed by atoms with Crippen LogP contribution in [-0.2, 0) is 17.9 Å². The molecule has 1 aliphatic heterocycles. The van der Waals surface area contributed by atoms with Gasteiger partial charge in [-0.25, -0.2) is 0 Å². The summed E-state index contributed by atoms with van der Waals surface area (Å²) in [6, 6.07) is 8.42. The van der Waals surface area contributed by atoms with E-state index in [0.717, 1.165) is 26.1 Å². The highest BCUT2D eigenvalue weighted by Gasteiger charge is 2.15. The third-order valence-corrected chi connectivity index (χ3v) is 3.92. The molecule has 1 unspecified atom stereocenters. The normalized spacial score (nSPS) is 18.1. The van der Waals surface area contributed by atoms with Crippen molar-refractivity contribution in [1.82, 2.24) is 15.5 Å². The van der Waals surface area contributed by atoms with Crippen LogP contribution >= 0.6 is 0 Å². The van der Waals surface area contributed by atoms with Gasteiger partial charge in [0.15, 0.2) is 0 Å². The zero-order chi connectivity index (χ0) is 15.1. The smallest absolute Gasteiger partial charge is 0.220 e. The highest BCUT2D eigenvalue weighted by molar-refractivity contribution is 5.75. The number of nitrogens with zero attached hydrogens (tertiary/aromatic N) is 1. The van der Waals surface area contributed by atoms with E-state index in [0.29, 0.717) is 18.9 Å². The van der Waals surface area contributed by atoms with Crippen molar-refractivity contribution in [3.63, 3.8) is 0 Å². The van der Waals surface area contributed by atoms with Gasteiger partial charge in [-0.2, -0.15) is 0 Å². The monoisotopic (exact) mass is 289 g/mol. The van der Waals surface area contributed by atoms with Gasteiger partial charge in [0.05, 0.1) is 0 Å². The number of carbonyl (C=O) groups is 1. The van der Waals surface area contributed by atoms with Crippen molar-refractivity contribution in [3.05, 3.63) is 35.4 Å². The lowest BCUT2D eigenvalue weighted by molar-refractivity contribution is -0.121. The molecule has 0 radical (unpaired) electrons. The van der Waals surface area contributed by atoms with Crippen LogP contribution in [0, 0.1) is 5.92 Å². The molecular formula is C17H27N3O. The van der Waals surface area contributed by atoms with Crippen LogP contribution in [0.5, 0.6) is 0 Å². The number of amides is 1. The Bertz CT molecular complexity index is 453. The third-order valence-electron chi connectivity index (χ3n) is 3.92. The van der Waals surface area contributed by atoms with Crippen LogP contribution in [0.4, 0.5) is 0 Å². The van der Waals surface area contributed by atoms with E-state index in [4.69, 9.17) is 0 Å². The van der Waals surface area contributed by atoms with Crippen LogP contribution in [0.15, 0.2) is 24.3 Å². The molecule has 0 saturated carbocycles. The Kier molecular flexibility index (Phi) is 6.21. The topological polar surface area (TPSA) is 44.4 Å². The number of hydrogen-bond donors (Lipinski definition) is 2. The summed E-state index contributed by atoms with van der Waals surface area (Å²) >= 11 is 0. The molecule has 1 aromatic carbocycles. The fraction of sp³-hybridized carbons (Fsp3) is 0.588. The standard InChI is InChI=1S/C17H27N3O/c1-20(2)13-16-5-3-4-15(10-16)12-19-17(21)7-6-14-8-9-18-11-14/h3-5,10,14,18H,6-9,11-13H2,1-2H3,(H,19,21). The summed E-state index contributed by atoms with van der Waals surface area (Å²) in [6.45, 7) is 3.73. The van der Waals surface area contributed by atoms with E-state index in [-0.39, 0.29) is 5.91 Å². The van der Waals surface area contributed by atoms with E-state index in [1.54, 1.807) is 0 Å². The van der Waals surface area contributed by atoms with Crippen LogP contribution in [0.1, 0.15) is 30.4 Å². The summed E-state index contributed by atoms with van der Waals surface area (Å²) < 4.78 is 0. The van der Waals surface area contributed by atoms with E-state index in [9.17, 15) is 4.79 Å². The van der Waals surface area contributed by atoms with Gasteiger partial charge in [0.1, 0.15) is 0 Å². The lowest BCUT2D eigenvalue weighted by Gasteiger charge is -2.12. The highest BCUT2D eigenvalue weighted by Crippen LogP contribution is 2.14. The van der Waals surface area contributed by atoms with Gasteiger partial charge >= 0.3 is 0 Å². The van der Waals surface area contributed by atoms with Gasteiger partial charge in [-0.3, -0.25) is 4.79 Å². The van der Waals surface area contributed by atoms with Crippen molar-refractivity contribution in [1.29, 1.82) is 0 Å². The summed E-state index contributed by atoms with van der Waals surface area (Å²) in [5.74, 6) is 0.846. The third kappa shape index (κ3) is 5.86. The average molecular weight is 289 g/mol. The molecule has 2 rings (SSSR count). The van der Waals surface area contributed by atoms with Crippen LogP contribution in [0.2, 0.25) is 0 Å². The first-order valence-electron chi connectivity index (χ1n) is 7.83. The molecule has 1 atom stereocenters. The van der Waals surface area contributed by atoms with Gasteiger partial charge in [0.2, 0.25) is 5.91 Å². The second-order valence-electron chi connectivity index (χ2n) is 6.23. The molecule has 4 heteroatoms. The SMILES string of the molecule is CN(C)Cc1cccc(CNC(=O)CCC2CCNC2)c1. The Morgan fingerprint density at radius 3 is 2.90 bits per heavy atom. The summed E-state index contributed by atoms with van der Waals surface area (Å²) in [5.41, 5.74) is 2.45. The quantitative estimate of drug-likeness (QED) is 0.804. The van der Waals surface area contributed by atoms with Crippen LogP contribution in [-0.4, -0.2) is 38.0 Å². The van der Waals surface area contributed by atoms with Crippen LogP contribution < -0.4 is 10.6 Å². The van der Waals surface area contributed by atoms with E-state index in [1.807, 2.05) is 0 Å². The molecule has 116 valence electrons. The second-order valence-corrected chi connectivity index (χ2v) is 6.23. The molecule has 1 fully saturated rings. The molecule has 1 amide bonds. The van der Waals surface area contributed by atoms with Crippen LogP contribution in [0.3, 0.4) is 0 Å². The second kappa shape index (κ2) is 8.15. The molecule has 1 saturated heterocycles. The van der Waals surface area contributed by atoms with E-state index >= 15 is 0 Å². The van der Waals surface area contributed by atoms with Gasteiger partial charge in [0.25, 0.3) is 0 Å². The van der Waals surface area contributed by atoms with Crippen molar-refractivity contribution >= 4 is 5.91 Å². The molecule has 0 bridgehead atoms. The molecule has 21 heavy (non-hydrogen) atoms. The maximum absolute atomic E-state index is 11.9. The molecule has 0 aromatic heterocycles. The molecule has 4 nitrogen and oxygen atoms in total. The zero-order valence-corrected chi connectivity index (χ0v) is 13.2. The summed E-state index contributed by atoms with van der Waals surface area (Å²) in [6.07, 6.45) is 2.85. The van der Waals surface area contributed by atoms with Crippen molar-refractivity contribution in [2.45, 2.75) is 32.4 Å². The Balaban J connectivity index is 1.72. The number of rotatable bonds is 7. The molecule has 1 heterocycles. The minimum absolute atomic E-state index is 0.167. The van der Waals surface area contributed by atoms with Crippen molar-refractivity contribution in [2.24, 2.45) is 5.92 Å². The van der Waals surface area contributed by atoms with Gasteiger partial charge in [-0.15, -0.1) is 0 Å². The summed E-state index contributed by atoms with van der Waals surface area (Å²) in [5, 5.41) is 6.37. The largest absolute Gasteiger partial charge is 0.352 e. The Morgan fingerprint density at radius 1 is 1.38 bits per heavy atom. The van der Waals surface area contributed by atoms with Gasteiger partial charge in [0, 0.05) is 19.5 Å². The minimum atomic E-state index is 0.167. The Labute approximate surface area is 127 Å². The van der Waals surface area contributed by atoms with E-state index in [2.05, 4.69) is 53.9 Å². The van der Waals surface area contributed by atoms with Crippen molar-refractivity contribution in [2.75, 3.05) is 27.2 Å². The Hall–Kier alpha value is -1.39. The van der Waals surface area contributed by atoms with Crippen molar-refractivity contribution < 1.29 is 4.79 Å². The summed E-state index contributed by atoms with van der Waals surface area (Å²) in [4.78, 5) is 14.0. The highest BCUT2D eigenvalue weighted by atomic mass is 16.1. The van der Waals surface area contributed by atoms with Crippen molar-refractivity contribution in [3.8, 4) is 0 Å². The zero-order valence-electron chi connectivity index (χ0n) is 13.2. The predicted octanol–water partition coefficient (Wildman–Crippen LogP) is 1.75. The molecule has 0 spiro atoms. The molecule has 1 aliphatic rings. The van der Waals surface area contributed by atoms with Crippen LogP contribution in [0.25, 0.3) is 0 Å². The molecule has 0 aliphatic carbocycles. The Morgan fingerprint density at radius 2 is 2.19 bits per heavy atom. The number of carbonyl (C=O) groups excluding carboxylic acids is 1. The first-order chi connectivity index (χ1) is 10.1. The predicted molar refractivity (Wildman–Crippen MR) is 85.9 cm³/mol. The lowest BCUT2D eigenvalue weighted by Crippen LogP contribution is -2.23. The molecular weight excluding hydrogens is 262 g/mol. The fourth-order valence-electron chi connectivity index (χ4n) is 2.79. The number of nitrogens with one attached hydrogen (secondary N) is 2. The first kappa shape index (κ1) is 16.0.